The second kappa shape index (κ2) is 6.99. The SMILES string of the molecule is CCNC(=O)NC(=O)[C@H](OC(=O)[C@]1(C)CC1(Cl)Cl)c1ccccc1. The highest BCUT2D eigenvalue weighted by Gasteiger charge is 2.69. The first-order valence-corrected chi connectivity index (χ1v) is 8.19. The van der Waals surface area contributed by atoms with Crippen LogP contribution in [0, 0.1) is 5.41 Å². The maximum absolute atomic E-state index is 12.4. The van der Waals surface area contributed by atoms with Gasteiger partial charge < -0.3 is 10.1 Å². The van der Waals surface area contributed by atoms with E-state index < -0.39 is 33.8 Å². The molecule has 2 N–H and O–H groups in total. The molecule has 8 heteroatoms. The molecule has 2 atom stereocenters. The number of alkyl halides is 2. The predicted molar refractivity (Wildman–Crippen MR) is 89.7 cm³/mol. The molecule has 0 unspecified atom stereocenters. The number of urea groups is 1. The first-order chi connectivity index (χ1) is 11.2. The summed E-state index contributed by atoms with van der Waals surface area (Å²) >= 11 is 12.0. The van der Waals surface area contributed by atoms with E-state index in [4.69, 9.17) is 27.9 Å². The third kappa shape index (κ3) is 3.82. The van der Waals surface area contributed by atoms with Gasteiger partial charge in [-0.1, -0.05) is 30.3 Å². The second-order valence-corrected chi connectivity index (χ2v) is 7.24. The van der Waals surface area contributed by atoms with Crippen molar-refractivity contribution >= 4 is 41.1 Å². The van der Waals surface area contributed by atoms with Crippen molar-refractivity contribution < 1.29 is 19.1 Å². The Labute approximate surface area is 149 Å². The molecule has 130 valence electrons. The molecule has 0 heterocycles. The third-order valence-electron chi connectivity index (χ3n) is 3.85. The lowest BCUT2D eigenvalue weighted by Crippen LogP contribution is -2.43. The van der Waals surface area contributed by atoms with Crippen molar-refractivity contribution in [3.63, 3.8) is 0 Å². The smallest absolute Gasteiger partial charge is 0.321 e. The summed E-state index contributed by atoms with van der Waals surface area (Å²) in [7, 11) is 0. The van der Waals surface area contributed by atoms with E-state index in [2.05, 4.69) is 10.6 Å². The normalized spacial score (nSPS) is 22.2. The molecule has 0 aromatic heterocycles. The number of ether oxygens (including phenoxy) is 1. The molecule has 0 spiro atoms. The van der Waals surface area contributed by atoms with Crippen molar-refractivity contribution in [3.05, 3.63) is 35.9 Å². The number of rotatable bonds is 5. The van der Waals surface area contributed by atoms with Crippen LogP contribution < -0.4 is 10.6 Å². The molecule has 1 fully saturated rings. The molecule has 1 aromatic rings. The van der Waals surface area contributed by atoms with Gasteiger partial charge >= 0.3 is 12.0 Å². The monoisotopic (exact) mass is 372 g/mol. The molecule has 1 aliphatic carbocycles. The number of carbonyl (C=O) groups is 3. The van der Waals surface area contributed by atoms with Gasteiger partial charge in [0, 0.05) is 18.5 Å². The highest BCUT2D eigenvalue weighted by Crippen LogP contribution is 2.64. The Balaban J connectivity index is 2.17. The number of hydrogen-bond acceptors (Lipinski definition) is 4. The van der Waals surface area contributed by atoms with Gasteiger partial charge in [-0.2, -0.15) is 0 Å². The Morgan fingerprint density at radius 2 is 1.83 bits per heavy atom. The van der Waals surface area contributed by atoms with Gasteiger partial charge in [0.15, 0.2) is 0 Å². The summed E-state index contributed by atoms with van der Waals surface area (Å²) in [5, 5.41) is 4.58. The lowest BCUT2D eigenvalue weighted by molar-refractivity contribution is -0.161. The molecule has 0 saturated heterocycles. The van der Waals surface area contributed by atoms with Gasteiger partial charge in [-0.25, -0.2) is 4.79 Å². The van der Waals surface area contributed by atoms with Gasteiger partial charge in [-0.05, 0) is 13.8 Å². The molecule has 24 heavy (non-hydrogen) atoms. The molecular weight excluding hydrogens is 355 g/mol. The zero-order chi connectivity index (χ0) is 18.0. The maximum atomic E-state index is 12.4. The number of hydrogen-bond donors (Lipinski definition) is 2. The predicted octanol–water partition coefficient (Wildman–Crippen LogP) is 2.70. The molecule has 0 aliphatic heterocycles. The van der Waals surface area contributed by atoms with Gasteiger partial charge in [-0.3, -0.25) is 14.9 Å². The fraction of sp³-hybridized carbons (Fsp3) is 0.438. The molecule has 3 amide bonds. The van der Waals surface area contributed by atoms with Gasteiger partial charge in [0.1, 0.15) is 9.75 Å². The molecule has 2 rings (SSSR count). The van der Waals surface area contributed by atoms with E-state index in [1.807, 2.05) is 0 Å². The number of benzene rings is 1. The Kier molecular flexibility index (Phi) is 5.40. The summed E-state index contributed by atoms with van der Waals surface area (Å²) in [5.41, 5.74) is -0.638. The number of carbonyl (C=O) groups excluding carboxylic acids is 3. The number of esters is 1. The summed E-state index contributed by atoms with van der Waals surface area (Å²) in [6, 6.07) is 7.73. The van der Waals surface area contributed by atoms with Crippen molar-refractivity contribution in [2.75, 3.05) is 6.54 Å². The fourth-order valence-electron chi connectivity index (χ4n) is 2.14. The highest BCUT2D eigenvalue weighted by molar-refractivity contribution is 6.53. The average Bonchev–Trinajstić information content (AvgIpc) is 3.05. The second-order valence-electron chi connectivity index (χ2n) is 5.76. The highest BCUT2D eigenvalue weighted by atomic mass is 35.5. The van der Waals surface area contributed by atoms with E-state index in [0.29, 0.717) is 12.1 Å². The largest absolute Gasteiger partial charge is 0.447 e. The minimum absolute atomic E-state index is 0.237. The summed E-state index contributed by atoms with van der Waals surface area (Å²) < 4.78 is 4.13. The quantitative estimate of drug-likeness (QED) is 0.614. The molecule has 0 radical (unpaired) electrons. The van der Waals surface area contributed by atoms with Gasteiger partial charge in [0.05, 0.1) is 0 Å². The summed E-state index contributed by atoms with van der Waals surface area (Å²) in [6.45, 7) is 3.64. The van der Waals surface area contributed by atoms with Crippen LogP contribution in [0.1, 0.15) is 31.9 Å². The van der Waals surface area contributed by atoms with Crippen LogP contribution in [0.2, 0.25) is 0 Å². The topological polar surface area (TPSA) is 84.5 Å². The standard InChI is InChI=1S/C16H18Cl2N2O4/c1-3-19-14(23)20-12(21)11(10-7-5-4-6-8-10)24-13(22)15(2)9-16(15,17)18/h4-8,11H,3,9H2,1-2H3,(H2,19,20,21,23)/t11-,15+/m1/s1. The van der Waals surface area contributed by atoms with Crippen LogP contribution in [0.5, 0.6) is 0 Å². The van der Waals surface area contributed by atoms with Crippen LogP contribution in [-0.4, -0.2) is 28.8 Å². The van der Waals surface area contributed by atoms with Crippen LogP contribution in [0.25, 0.3) is 0 Å². The van der Waals surface area contributed by atoms with Crippen LogP contribution in [0.3, 0.4) is 0 Å². The Hall–Kier alpha value is -1.79. The molecule has 1 saturated carbocycles. The zero-order valence-electron chi connectivity index (χ0n) is 13.3. The fourth-order valence-corrected chi connectivity index (χ4v) is 2.83. The van der Waals surface area contributed by atoms with Crippen LogP contribution >= 0.6 is 23.2 Å². The van der Waals surface area contributed by atoms with Crippen LogP contribution in [0.15, 0.2) is 30.3 Å². The maximum Gasteiger partial charge on any atom is 0.321 e. The number of nitrogens with one attached hydrogen (secondary N) is 2. The number of amides is 3. The zero-order valence-corrected chi connectivity index (χ0v) is 14.8. The van der Waals surface area contributed by atoms with Crippen LogP contribution in [0.4, 0.5) is 4.79 Å². The van der Waals surface area contributed by atoms with Gasteiger partial charge in [0.25, 0.3) is 5.91 Å². The van der Waals surface area contributed by atoms with E-state index in [-0.39, 0.29) is 6.42 Å². The van der Waals surface area contributed by atoms with Crippen molar-refractivity contribution in [2.24, 2.45) is 5.41 Å². The average molecular weight is 373 g/mol. The van der Waals surface area contributed by atoms with Gasteiger partial charge in [-0.15, -0.1) is 23.2 Å². The first-order valence-electron chi connectivity index (χ1n) is 7.44. The van der Waals surface area contributed by atoms with Crippen molar-refractivity contribution in [1.29, 1.82) is 0 Å². The first kappa shape index (κ1) is 18.5. The molecular formula is C16H18Cl2N2O4. The minimum atomic E-state index is -1.28. The van der Waals surface area contributed by atoms with Crippen molar-refractivity contribution in [3.8, 4) is 0 Å². The molecule has 0 bridgehead atoms. The Bertz CT molecular complexity index is 651. The van der Waals surface area contributed by atoms with E-state index in [1.54, 1.807) is 44.2 Å². The van der Waals surface area contributed by atoms with Gasteiger partial charge in [0.2, 0.25) is 6.10 Å². The van der Waals surface area contributed by atoms with E-state index in [1.165, 1.54) is 0 Å². The Morgan fingerprint density at radius 1 is 1.25 bits per heavy atom. The van der Waals surface area contributed by atoms with Crippen LogP contribution in [-0.2, 0) is 14.3 Å². The minimum Gasteiger partial charge on any atom is -0.447 e. The summed E-state index contributed by atoms with van der Waals surface area (Å²) in [4.78, 5) is 36.3. The molecule has 1 aliphatic rings. The Morgan fingerprint density at radius 3 is 2.33 bits per heavy atom. The third-order valence-corrected chi connectivity index (χ3v) is 4.95. The lowest BCUT2D eigenvalue weighted by atomic mass is 10.1. The number of imide groups is 1. The lowest BCUT2D eigenvalue weighted by Gasteiger charge is -2.20. The number of halogens is 2. The van der Waals surface area contributed by atoms with E-state index >= 15 is 0 Å². The molecule has 1 aromatic carbocycles. The van der Waals surface area contributed by atoms with E-state index in [9.17, 15) is 14.4 Å². The van der Waals surface area contributed by atoms with Crippen molar-refractivity contribution in [1.82, 2.24) is 10.6 Å². The molecule has 6 nitrogen and oxygen atoms in total. The van der Waals surface area contributed by atoms with Crippen molar-refractivity contribution in [2.45, 2.75) is 30.7 Å². The van der Waals surface area contributed by atoms with E-state index in [0.717, 1.165) is 0 Å². The summed E-state index contributed by atoms with van der Waals surface area (Å²) in [6.07, 6.45) is -1.04. The summed E-state index contributed by atoms with van der Waals surface area (Å²) in [5.74, 6) is -1.44.